The van der Waals surface area contributed by atoms with Crippen molar-refractivity contribution in [2.24, 2.45) is 11.7 Å². The van der Waals surface area contributed by atoms with Crippen LogP contribution in [-0.4, -0.2) is 49.8 Å². The Bertz CT molecular complexity index is 453. The molecule has 0 aliphatic carbocycles. The van der Waals surface area contributed by atoms with Crippen molar-refractivity contribution in [1.29, 1.82) is 0 Å². The van der Waals surface area contributed by atoms with Gasteiger partial charge >= 0.3 is 0 Å². The number of hydrogen-bond donors (Lipinski definition) is 1. The zero-order chi connectivity index (χ0) is 14.4. The molecule has 0 aromatic heterocycles. The molecule has 5 heteroatoms. The minimum Gasteiger partial charge on any atom is -0.492 e. The van der Waals surface area contributed by atoms with Crippen molar-refractivity contribution < 1.29 is 9.47 Å². The molecule has 1 unspecified atom stereocenters. The number of hydrogen-bond acceptors (Lipinski definition) is 4. The fourth-order valence-corrected chi connectivity index (χ4v) is 2.74. The molecule has 1 fully saturated rings. The van der Waals surface area contributed by atoms with Crippen LogP contribution in [0.5, 0.6) is 5.75 Å². The molecule has 20 heavy (non-hydrogen) atoms. The molecule has 1 heterocycles. The predicted octanol–water partition coefficient (Wildman–Crippen LogP) is 1.67. The second kappa shape index (κ2) is 7.57. The summed E-state index contributed by atoms with van der Waals surface area (Å²) in [5.74, 6) is 1.43. The summed E-state index contributed by atoms with van der Waals surface area (Å²) in [6.45, 7) is 4.63. The minimum absolute atomic E-state index is 0.377. The number of benzene rings is 1. The summed E-state index contributed by atoms with van der Waals surface area (Å²) in [5, 5.41) is 0. The van der Waals surface area contributed by atoms with E-state index in [-0.39, 0.29) is 0 Å². The van der Waals surface area contributed by atoms with Gasteiger partial charge in [-0.2, -0.15) is 0 Å². The molecule has 0 amide bonds. The fraction of sp³-hybridized carbons (Fsp3) is 0.533. The van der Waals surface area contributed by atoms with Crippen molar-refractivity contribution in [2.75, 3.05) is 40.0 Å². The molecule has 1 atom stereocenters. The lowest BCUT2D eigenvalue weighted by Crippen LogP contribution is -2.27. The normalized spacial score (nSPS) is 19.1. The summed E-state index contributed by atoms with van der Waals surface area (Å²) < 4.78 is 11.0. The zero-order valence-corrected chi connectivity index (χ0v) is 12.7. The van der Waals surface area contributed by atoms with Crippen LogP contribution in [0.1, 0.15) is 12.0 Å². The van der Waals surface area contributed by atoms with Gasteiger partial charge in [-0.3, -0.25) is 4.90 Å². The van der Waals surface area contributed by atoms with Crippen LogP contribution >= 0.6 is 12.2 Å². The number of ether oxygens (including phenoxy) is 2. The summed E-state index contributed by atoms with van der Waals surface area (Å²) >= 11 is 5.03. The SMILES string of the molecule is COCC1CCN(CCOc2ccccc2C(N)=S)C1. The minimum atomic E-state index is 0.377. The Morgan fingerprint density at radius 2 is 2.25 bits per heavy atom. The molecule has 2 rings (SSSR count). The maximum Gasteiger partial charge on any atom is 0.129 e. The van der Waals surface area contributed by atoms with Crippen molar-refractivity contribution in [1.82, 2.24) is 4.90 Å². The number of para-hydroxylation sites is 1. The van der Waals surface area contributed by atoms with Crippen LogP contribution in [0.15, 0.2) is 24.3 Å². The van der Waals surface area contributed by atoms with Gasteiger partial charge in [-0.1, -0.05) is 24.4 Å². The van der Waals surface area contributed by atoms with Crippen molar-refractivity contribution in [3.05, 3.63) is 29.8 Å². The van der Waals surface area contributed by atoms with Gasteiger partial charge in [0.2, 0.25) is 0 Å². The zero-order valence-electron chi connectivity index (χ0n) is 11.9. The largest absolute Gasteiger partial charge is 0.492 e. The van der Waals surface area contributed by atoms with Crippen LogP contribution in [0.4, 0.5) is 0 Å². The molecule has 0 radical (unpaired) electrons. The molecule has 1 aromatic carbocycles. The molecule has 1 aliphatic heterocycles. The molecule has 1 saturated heterocycles. The molecular weight excluding hydrogens is 272 g/mol. The second-order valence-corrected chi connectivity index (χ2v) is 5.56. The summed E-state index contributed by atoms with van der Waals surface area (Å²) in [7, 11) is 1.76. The molecule has 2 N–H and O–H groups in total. The maximum absolute atomic E-state index is 5.82. The van der Waals surface area contributed by atoms with Gasteiger partial charge in [0.25, 0.3) is 0 Å². The van der Waals surface area contributed by atoms with Crippen molar-refractivity contribution in [3.63, 3.8) is 0 Å². The molecule has 0 saturated carbocycles. The summed E-state index contributed by atoms with van der Waals surface area (Å²) in [4.78, 5) is 2.79. The average molecular weight is 294 g/mol. The van der Waals surface area contributed by atoms with Gasteiger partial charge in [0.05, 0.1) is 12.2 Å². The van der Waals surface area contributed by atoms with Crippen molar-refractivity contribution in [3.8, 4) is 5.75 Å². The van der Waals surface area contributed by atoms with E-state index in [1.807, 2.05) is 24.3 Å². The highest BCUT2D eigenvalue weighted by Crippen LogP contribution is 2.19. The Hall–Kier alpha value is -1.17. The number of likely N-dealkylation sites (tertiary alicyclic amines) is 1. The second-order valence-electron chi connectivity index (χ2n) is 5.12. The summed E-state index contributed by atoms with van der Waals surface area (Å²) in [5.41, 5.74) is 6.49. The van der Waals surface area contributed by atoms with Gasteiger partial charge in [0.1, 0.15) is 17.3 Å². The smallest absolute Gasteiger partial charge is 0.129 e. The first kappa shape index (κ1) is 15.2. The van der Waals surface area contributed by atoms with Crippen LogP contribution in [-0.2, 0) is 4.74 Å². The topological polar surface area (TPSA) is 47.7 Å². The lowest BCUT2D eigenvalue weighted by Gasteiger charge is -2.17. The van der Waals surface area contributed by atoms with Crippen LogP contribution < -0.4 is 10.5 Å². The van der Waals surface area contributed by atoms with Crippen LogP contribution in [0, 0.1) is 5.92 Å². The van der Waals surface area contributed by atoms with E-state index in [1.165, 1.54) is 6.42 Å². The Morgan fingerprint density at radius 3 is 3.00 bits per heavy atom. The Kier molecular flexibility index (Phi) is 5.76. The fourth-order valence-electron chi connectivity index (χ4n) is 2.57. The number of nitrogens with zero attached hydrogens (tertiary/aromatic N) is 1. The summed E-state index contributed by atoms with van der Waals surface area (Å²) in [6.07, 6.45) is 1.21. The van der Waals surface area contributed by atoms with Crippen LogP contribution in [0.3, 0.4) is 0 Å². The standard InChI is InChI=1S/C15H22N2O2S/c1-18-11-12-6-7-17(10-12)8-9-19-14-5-3-2-4-13(14)15(16)20/h2-5,12H,6-11H2,1H3,(H2,16,20). The van der Waals surface area contributed by atoms with E-state index < -0.39 is 0 Å². The van der Waals surface area contributed by atoms with E-state index in [0.29, 0.717) is 17.5 Å². The molecule has 0 bridgehead atoms. The van der Waals surface area contributed by atoms with Crippen molar-refractivity contribution in [2.45, 2.75) is 6.42 Å². The monoisotopic (exact) mass is 294 g/mol. The average Bonchev–Trinajstić information content (AvgIpc) is 2.87. The maximum atomic E-state index is 5.82. The van der Waals surface area contributed by atoms with E-state index in [0.717, 1.165) is 37.6 Å². The first-order valence-corrected chi connectivity index (χ1v) is 7.34. The predicted molar refractivity (Wildman–Crippen MR) is 84.2 cm³/mol. The number of nitrogens with two attached hydrogens (primary N) is 1. The Morgan fingerprint density at radius 1 is 1.45 bits per heavy atom. The van der Waals surface area contributed by atoms with E-state index in [1.54, 1.807) is 7.11 Å². The lowest BCUT2D eigenvalue weighted by atomic mass is 10.1. The first-order chi connectivity index (χ1) is 9.70. The van der Waals surface area contributed by atoms with Gasteiger partial charge < -0.3 is 15.2 Å². The number of rotatable bonds is 7. The number of thiocarbonyl (C=S) groups is 1. The van der Waals surface area contributed by atoms with Gasteiger partial charge in [-0.25, -0.2) is 0 Å². The molecule has 110 valence electrons. The Labute approximate surface area is 125 Å². The highest BCUT2D eigenvalue weighted by Gasteiger charge is 2.21. The van der Waals surface area contributed by atoms with E-state index in [9.17, 15) is 0 Å². The first-order valence-electron chi connectivity index (χ1n) is 6.93. The third-order valence-corrected chi connectivity index (χ3v) is 3.81. The Balaban J connectivity index is 1.78. The number of methoxy groups -OCH3 is 1. The third-order valence-electron chi connectivity index (χ3n) is 3.59. The highest BCUT2D eigenvalue weighted by molar-refractivity contribution is 7.80. The van der Waals surface area contributed by atoms with Crippen LogP contribution in [0.2, 0.25) is 0 Å². The summed E-state index contributed by atoms with van der Waals surface area (Å²) in [6, 6.07) is 7.65. The van der Waals surface area contributed by atoms with Crippen LogP contribution in [0.25, 0.3) is 0 Å². The van der Waals surface area contributed by atoms with Gasteiger partial charge in [-0.05, 0) is 31.0 Å². The van der Waals surface area contributed by atoms with Gasteiger partial charge in [0, 0.05) is 20.2 Å². The lowest BCUT2D eigenvalue weighted by molar-refractivity contribution is 0.150. The van der Waals surface area contributed by atoms with E-state index in [2.05, 4.69) is 4.90 Å². The highest BCUT2D eigenvalue weighted by atomic mass is 32.1. The molecule has 0 spiro atoms. The molecular formula is C15H22N2O2S. The van der Waals surface area contributed by atoms with E-state index in [4.69, 9.17) is 27.4 Å². The van der Waals surface area contributed by atoms with E-state index >= 15 is 0 Å². The van der Waals surface area contributed by atoms with Gasteiger partial charge in [0.15, 0.2) is 0 Å². The molecule has 1 aliphatic rings. The molecule has 4 nitrogen and oxygen atoms in total. The van der Waals surface area contributed by atoms with Gasteiger partial charge in [-0.15, -0.1) is 0 Å². The molecule has 1 aromatic rings. The van der Waals surface area contributed by atoms with Crippen molar-refractivity contribution >= 4 is 17.2 Å². The quantitative estimate of drug-likeness (QED) is 0.775. The third kappa shape index (κ3) is 4.16.